The number of hydrogen-bond donors (Lipinski definition) is 0. The molecule has 0 bridgehead atoms. The number of rotatable bonds is 5. The zero-order valence-electron chi connectivity index (χ0n) is 39.1. The molecule has 0 fully saturated rings. The summed E-state index contributed by atoms with van der Waals surface area (Å²) in [5.74, 6) is 0. The number of benzene rings is 11. The normalized spacial score (nSPS) is 14.1. The summed E-state index contributed by atoms with van der Waals surface area (Å²) in [5.41, 5.74) is 19.1. The molecule has 11 aromatic rings. The molecule has 0 radical (unpaired) electrons. The lowest BCUT2D eigenvalue weighted by Gasteiger charge is -2.41. The third kappa shape index (κ3) is 6.16. The van der Waals surface area contributed by atoms with E-state index in [4.69, 9.17) is 0 Å². The van der Waals surface area contributed by atoms with Crippen LogP contribution >= 0.6 is 0 Å². The van der Waals surface area contributed by atoms with Gasteiger partial charge in [-0.15, -0.1) is 0 Å². The Bertz CT molecular complexity index is 3980. The Balaban J connectivity index is 1.10. The topological polar surface area (TPSA) is 13.0 Å². The van der Waals surface area contributed by atoms with Crippen LogP contribution in [-0.2, 0) is 0 Å². The Morgan fingerprint density at radius 2 is 0.871 bits per heavy atom. The van der Waals surface area contributed by atoms with E-state index in [0.717, 1.165) is 35.6 Å². The third-order valence-electron chi connectivity index (χ3n) is 15.1. The highest BCUT2D eigenvalue weighted by molar-refractivity contribution is 6.23. The molecule has 0 spiro atoms. The molecule has 0 unspecified atom stereocenters. The van der Waals surface area contributed by atoms with Crippen molar-refractivity contribution in [1.82, 2.24) is 0 Å². The Morgan fingerprint density at radius 3 is 1.57 bits per heavy atom. The molecule has 332 valence electrons. The van der Waals surface area contributed by atoms with Gasteiger partial charge in [0, 0.05) is 31.2 Å². The smallest absolute Gasteiger partial charge is 0.0699 e. The van der Waals surface area contributed by atoms with E-state index >= 15 is 0 Å². The van der Waals surface area contributed by atoms with Gasteiger partial charge in [-0.05, 0) is 168 Å². The molecule has 2 heterocycles. The summed E-state index contributed by atoms with van der Waals surface area (Å²) in [6, 6.07) is 81.3. The molecule has 0 saturated heterocycles. The second kappa shape index (κ2) is 15.9. The zero-order chi connectivity index (χ0) is 46.5. The maximum Gasteiger partial charge on any atom is 0.0699 e. The summed E-state index contributed by atoms with van der Waals surface area (Å²) in [7, 11) is 4.40. The standard InChI is InChI=1S/C66H48N4/c1-67-57-25-7-11-29-61(57)69(62-30-12-8-26-58(62)67)49-36-38-54-55(41-49)65(47-22-15-21-46(40-47)52-24-16-20-44-18-5-6-23-51(44)52)53-37-35-50(42-56(53)66(54)48-34-33-43-17-3-4-19-45(43)39-48)70-63-31-13-9-27-59(63)68(2)60-28-10-14-32-64(60)70/h3-9,11-27,29-42H,10,28H2,1-2H3. The summed E-state index contributed by atoms with van der Waals surface area (Å²) < 4.78 is 0. The van der Waals surface area contributed by atoms with Crippen molar-refractivity contribution in [2.24, 2.45) is 0 Å². The van der Waals surface area contributed by atoms with Crippen molar-refractivity contribution in [3.05, 3.63) is 242 Å². The van der Waals surface area contributed by atoms with Gasteiger partial charge in [-0.2, -0.15) is 0 Å². The molecule has 0 saturated carbocycles. The van der Waals surface area contributed by atoms with Gasteiger partial charge in [-0.25, -0.2) is 0 Å². The lowest BCUT2D eigenvalue weighted by atomic mass is 9.84. The number of nitrogens with zero attached hydrogens (tertiary/aromatic N) is 4. The molecule has 0 amide bonds. The van der Waals surface area contributed by atoms with Crippen LogP contribution in [0.5, 0.6) is 0 Å². The van der Waals surface area contributed by atoms with Gasteiger partial charge in [-0.1, -0.05) is 152 Å². The molecule has 14 rings (SSSR count). The van der Waals surface area contributed by atoms with Crippen LogP contribution in [0.4, 0.5) is 45.5 Å². The van der Waals surface area contributed by atoms with Gasteiger partial charge in [0.2, 0.25) is 0 Å². The predicted octanol–water partition coefficient (Wildman–Crippen LogP) is 18.0. The first-order valence-corrected chi connectivity index (χ1v) is 24.4. The van der Waals surface area contributed by atoms with Crippen molar-refractivity contribution in [1.29, 1.82) is 0 Å². The highest BCUT2D eigenvalue weighted by Gasteiger charge is 2.31. The number of hydrogen-bond acceptors (Lipinski definition) is 4. The molecule has 2 aliphatic heterocycles. The number of allylic oxidation sites excluding steroid dienone is 3. The van der Waals surface area contributed by atoms with Crippen molar-refractivity contribution in [3.63, 3.8) is 0 Å². The Morgan fingerprint density at radius 1 is 0.343 bits per heavy atom. The highest BCUT2D eigenvalue weighted by atomic mass is 15.3. The molecular formula is C66H48N4. The monoisotopic (exact) mass is 896 g/mol. The number of anilines is 8. The van der Waals surface area contributed by atoms with Gasteiger partial charge >= 0.3 is 0 Å². The summed E-state index contributed by atoms with van der Waals surface area (Å²) >= 11 is 0. The molecule has 3 aliphatic rings. The first kappa shape index (κ1) is 40.2. The van der Waals surface area contributed by atoms with Crippen molar-refractivity contribution in [2.45, 2.75) is 12.8 Å². The van der Waals surface area contributed by atoms with Gasteiger partial charge in [0.15, 0.2) is 0 Å². The van der Waals surface area contributed by atoms with E-state index in [-0.39, 0.29) is 0 Å². The van der Waals surface area contributed by atoms with Crippen molar-refractivity contribution >= 4 is 88.6 Å². The van der Waals surface area contributed by atoms with Gasteiger partial charge in [0.05, 0.1) is 39.8 Å². The van der Waals surface area contributed by atoms with Crippen molar-refractivity contribution in [2.75, 3.05) is 33.7 Å². The molecule has 11 aromatic carbocycles. The van der Waals surface area contributed by atoms with Crippen LogP contribution in [0.3, 0.4) is 0 Å². The minimum absolute atomic E-state index is 0.996. The molecule has 0 atom stereocenters. The fourth-order valence-electron chi connectivity index (χ4n) is 11.9. The second-order valence-electron chi connectivity index (χ2n) is 18.9. The lowest BCUT2D eigenvalue weighted by Crippen LogP contribution is -2.32. The molecule has 70 heavy (non-hydrogen) atoms. The number of para-hydroxylation sites is 6. The van der Waals surface area contributed by atoms with E-state index in [0.29, 0.717) is 0 Å². The zero-order valence-corrected chi connectivity index (χ0v) is 39.1. The SMILES string of the molecule is CN1C2=C(C=CCC2)N(c2ccc3c(-c4cccc(-c5cccc6ccccc56)c4)c4cc(N5c6ccccc6N(C)c6ccccc65)ccc4c(-c4ccc5ccccc5c4)c3c2)c2ccccc21. The fraction of sp³-hybridized carbons (Fsp3) is 0.0606. The molecule has 1 aliphatic carbocycles. The average molecular weight is 897 g/mol. The molecule has 4 nitrogen and oxygen atoms in total. The maximum absolute atomic E-state index is 2.50. The summed E-state index contributed by atoms with van der Waals surface area (Å²) in [6.45, 7) is 0. The molecule has 4 heteroatoms. The van der Waals surface area contributed by atoms with Crippen LogP contribution in [0, 0.1) is 0 Å². The minimum Gasteiger partial charge on any atom is -0.345 e. The Kier molecular flexibility index (Phi) is 9.12. The quantitative estimate of drug-likeness (QED) is 0.160. The Labute approximate surface area is 408 Å². The van der Waals surface area contributed by atoms with E-state index in [1.807, 2.05) is 0 Å². The average Bonchev–Trinajstić information content (AvgIpc) is 3.42. The lowest BCUT2D eigenvalue weighted by molar-refractivity contribution is 0.849. The highest BCUT2D eigenvalue weighted by Crippen LogP contribution is 2.54. The van der Waals surface area contributed by atoms with Crippen LogP contribution in [0.25, 0.3) is 76.5 Å². The second-order valence-corrected chi connectivity index (χ2v) is 18.9. The molecular weight excluding hydrogens is 849 g/mol. The van der Waals surface area contributed by atoms with Crippen molar-refractivity contribution in [3.8, 4) is 33.4 Å². The van der Waals surface area contributed by atoms with Crippen LogP contribution in [0.1, 0.15) is 12.8 Å². The molecule has 0 aromatic heterocycles. The van der Waals surface area contributed by atoms with Gasteiger partial charge in [-0.3, -0.25) is 0 Å². The minimum atomic E-state index is 0.996. The summed E-state index contributed by atoms with van der Waals surface area (Å²) in [4.78, 5) is 9.67. The summed E-state index contributed by atoms with van der Waals surface area (Å²) in [6.07, 6.45) is 6.69. The van der Waals surface area contributed by atoms with Crippen LogP contribution in [-0.4, -0.2) is 14.1 Å². The van der Waals surface area contributed by atoms with Gasteiger partial charge in [0.25, 0.3) is 0 Å². The number of fused-ring (bicyclic) bond motifs is 7. The van der Waals surface area contributed by atoms with E-state index in [1.54, 1.807) is 0 Å². The Hall–Kier alpha value is -8.86. The van der Waals surface area contributed by atoms with E-state index in [9.17, 15) is 0 Å². The summed E-state index contributed by atoms with van der Waals surface area (Å²) in [5, 5.41) is 9.78. The van der Waals surface area contributed by atoms with Crippen LogP contribution in [0.15, 0.2) is 242 Å². The van der Waals surface area contributed by atoms with E-state index in [1.165, 1.54) is 111 Å². The first-order chi connectivity index (χ1) is 34.6. The van der Waals surface area contributed by atoms with Gasteiger partial charge in [0.1, 0.15) is 0 Å². The largest absolute Gasteiger partial charge is 0.345 e. The van der Waals surface area contributed by atoms with Gasteiger partial charge < -0.3 is 19.6 Å². The van der Waals surface area contributed by atoms with Crippen LogP contribution < -0.4 is 19.6 Å². The first-order valence-electron chi connectivity index (χ1n) is 24.4. The predicted molar refractivity (Wildman–Crippen MR) is 298 cm³/mol. The van der Waals surface area contributed by atoms with Crippen molar-refractivity contribution < 1.29 is 0 Å². The maximum atomic E-state index is 2.50. The third-order valence-corrected chi connectivity index (χ3v) is 15.1. The van der Waals surface area contributed by atoms with E-state index < -0.39 is 0 Å². The fourth-order valence-corrected chi connectivity index (χ4v) is 11.9. The molecule has 0 N–H and O–H groups in total. The van der Waals surface area contributed by atoms with Crippen LogP contribution in [0.2, 0.25) is 0 Å². The van der Waals surface area contributed by atoms with E-state index in [2.05, 4.69) is 264 Å².